The summed E-state index contributed by atoms with van der Waals surface area (Å²) in [6.45, 7) is 2.89. The van der Waals surface area contributed by atoms with Gasteiger partial charge in [-0.25, -0.2) is 0 Å². The Morgan fingerprint density at radius 1 is 1.39 bits per heavy atom. The van der Waals surface area contributed by atoms with Gasteiger partial charge in [0, 0.05) is 26.2 Å². The van der Waals surface area contributed by atoms with Gasteiger partial charge >= 0.3 is 0 Å². The molecular weight excluding hydrogens is 409 g/mol. The fourth-order valence-corrected chi connectivity index (χ4v) is 2.12. The third kappa shape index (κ3) is 5.38. The van der Waals surface area contributed by atoms with E-state index in [1.54, 1.807) is 21.1 Å². The normalized spacial score (nSPS) is 10.9. The van der Waals surface area contributed by atoms with Gasteiger partial charge in [0.2, 0.25) is 5.89 Å². The molecule has 0 saturated carbocycles. The molecule has 1 aromatic heterocycles. The Morgan fingerprint density at radius 2 is 2.13 bits per heavy atom. The first kappa shape index (κ1) is 19.2. The summed E-state index contributed by atoms with van der Waals surface area (Å²) in [5.41, 5.74) is 1.09. The van der Waals surface area contributed by atoms with Gasteiger partial charge in [0.25, 0.3) is 0 Å². The van der Waals surface area contributed by atoms with E-state index in [4.69, 9.17) is 9.26 Å². The number of methoxy groups -OCH3 is 1. The number of hydrogen-bond donors (Lipinski definition) is 1. The van der Waals surface area contributed by atoms with E-state index in [1.807, 2.05) is 36.2 Å². The van der Waals surface area contributed by atoms with Gasteiger partial charge in [0.05, 0.1) is 13.7 Å². The van der Waals surface area contributed by atoms with Crippen LogP contribution >= 0.6 is 24.0 Å². The largest absolute Gasteiger partial charge is 0.496 e. The Hall–Kier alpha value is -1.84. The van der Waals surface area contributed by atoms with Gasteiger partial charge in [-0.2, -0.15) is 4.98 Å². The van der Waals surface area contributed by atoms with Crippen molar-refractivity contribution in [1.82, 2.24) is 20.4 Å². The Balaban J connectivity index is 0.00000264. The van der Waals surface area contributed by atoms with Gasteiger partial charge in [0.1, 0.15) is 5.75 Å². The lowest BCUT2D eigenvalue weighted by molar-refractivity contribution is 0.366. The van der Waals surface area contributed by atoms with Gasteiger partial charge in [-0.05, 0) is 13.0 Å². The number of guanidine groups is 1. The molecule has 0 atom stereocenters. The number of nitrogens with one attached hydrogen (secondary N) is 1. The summed E-state index contributed by atoms with van der Waals surface area (Å²) in [6, 6.07) is 7.92. The number of aromatic nitrogens is 2. The lowest BCUT2D eigenvalue weighted by Gasteiger charge is -2.22. The van der Waals surface area contributed by atoms with E-state index in [9.17, 15) is 0 Å². The number of para-hydroxylation sites is 1. The molecule has 8 heteroatoms. The third-order valence-corrected chi connectivity index (χ3v) is 3.14. The van der Waals surface area contributed by atoms with Crippen LogP contribution in [0.5, 0.6) is 5.75 Å². The minimum Gasteiger partial charge on any atom is -0.496 e. The highest BCUT2D eigenvalue weighted by Crippen LogP contribution is 2.18. The van der Waals surface area contributed by atoms with Crippen LogP contribution in [0.25, 0.3) is 0 Å². The lowest BCUT2D eigenvalue weighted by atomic mass is 10.2. The first-order valence-electron chi connectivity index (χ1n) is 6.97. The molecule has 0 unspecified atom stereocenters. The van der Waals surface area contributed by atoms with Crippen LogP contribution in [0.4, 0.5) is 0 Å². The van der Waals surface area contributed by atoms with Crippen LogP contribution in [0.2, 0.25) is 0 Å². The second-order valence-corrected chi connectivity index (χ2v) is 4.80. The maximum absolute atomic E-state index is 5.37. The molecule has 0 saturated heterocycles. The standard InChI is InChI=1S/C15H21N5O2.HI/c1-11-18-14(22-19-11)9-17-15(16-2)20(3)10-12-7-5-6-8-13(12)21-4;/h5-8H,9-10H2,1-4H3,(H,16,17);1H. The molecule has 0 bridgehead atoms. The van der Waals surface area contributed by atoms with Crippen molar-refractivity contribution >= 4 is 29.9 Å². The highest BCUT2D eigenvalue weighted by atomic mass is 127. The molecule has 0 aliphatic carbocycles. The average Bonchev–Trinajstić information content (AvgIpc) is 2.94. The zero-order chi connectivity index (χ0) is 15.9. The van der Waals surface area contributed by atoms with Crippen molar-refractivity contribution in [2.24, 2.45) is 4.99 Å². The molecule has 0 fully saturated rings. The quantitative estimate of drug-likeness (QED) is 0.445. The maximum Gasteiger partial charge on any atom is 0.246 e. The Labute approximate surface area is 153 Å². The first-order valence-corrected chi connectivity index (χ1v) is 6.97. The van der Waals surface area contributed by atoms with Crippen molar-refractivity contribution in [2.75, 3.05) is 21.2 Å². The van der Waals surface area contributed by atoms with Crippen LogP contribution in [-0.2, 0) is 13.1 Å². The molecule has 1 heterocycles. The van der Waals surface area contributed by atoms with Gasteiger partial charge in [0.15, 0.2) is 11.8 Å². The molecule has 1 aromatic carbocycles. The number of nitrogens with zero attached hydrogens (tertiary/aromatic N) is 4. The minimum atomic E-state index is 0. The summed E-state index contributed by atoms with van der Waals surface area (Å²) in [5.74, 6) is 2.75. The summed E-state index contributed by atoms with van der Waals surface area (Å²) in [5, 5.41) is 6.95. The molecular formula is C15H22IN5O2. The third-order valence-electron chi connectivity index (χ3n) is 3.14. The molecule has 0 radical (unpaired) electrons. The van der Waals surface area contributed by atoms with Gasteiger partial charge in [-0.15, -0.1) is 24.0 Å². The molecule has 0 amide bonds. The molecule has 0 aliphatic rings. The second kappa shape index (κ2) is 9.33. The predicted octanol–water partition coefficient (Wildman–Crippen LogP) is 2.21. The molecule has 2 rings (SSSR count). The Morgan fingerprint density at radius 3 is 2.74 bits per heavy atom. The number of ether oxygens (including phenoxy) is 1. The smallest absolute Gasteiger partial charge is 0.246 e. The molecule has 0 aliphatic heterocycles. The van der Waals surface area contributed by atoms with Gasteiger partial charge < -0.3 is 19.5 Å². The highest BCUT2D eigenvalue weighted by Gasteiger charge is 2.11. The van der Waals surface area contributed by atoms with E-state index in [1.165, 1.54) is 0 Å². The number of halogens is 1. The summed E-state index contributed by atoms with van der Waals surface area (Å²) in [7, 11) is 5.37. The van der Waals surface area contributed by atoms with E-state index in [-0.39, 0.29) is 24.0 Å². The number of aryl methyl sites for hydroxylation is 1. The molecule has 126 valence electrons. The predicted molar refractivity (Wildman–Crippen MR) is 99.1 cm³/mol. The second-order valence-electron chi connectivity index (χ2n) is 4.80. The summed E-state index contributed by atoms with van der Waals surface area (Å²) in [6.07, 6.45) is 0. The van der Waals surface area contributed by atoms with E-state index >= 15 is 0 Å². The van der Waals surface area contributed by atoms with Crippen LogP contribution in [0.3, 0.4) is 0 Å². The Kier molecular flexibility index (Phi) is 7.79. The zero-order valence-corrected chi connectivity index (χ0v) is 16.1. The molecule has 23 heavy (non-hydrogen) atoms. The van der Waals surface area contributed by atoms with Crippen LogP contribution in [0, 0.1) is 6.92 Å². The summed E-state index contributed by atoms with van der Waals surface area (Å²) < 4.78 is 10.4. The molecule has 7 nitrogen and oxygen atoms in total. The fraction of sp³-hybridized carbons (Fsp3) is 0.400. The van der Waals surface area contributed by atoms with E-state index in [0.29, 0.717) is 24.8 Å². The maximum atomic E-state index is 5.37. The lowest BCUT2D eigenvalue weighted by Crippen LogP contribution is -2.38. The van der Waals surface area contributed by atoms with E-state index in [2.05, 4.69) is 20.4 Å². The number of benzene rings is 1. The number of hydrogen-bond acceptors (Lipinski definition) is 5. The van der Waals surface area contributed by atoms with E-state index in [0.717, 1.165) is 17.3 Å². The fourth-order valence-electron chi connectivity index (χ4n) is 2.12. The van der Waals surface area contributed by atoms with Crippen LogP contribution in [-0.4, -0.2) is 42.2 Å². The van der Waals surface area contributed by atoms with Crippen molar-refractivity contribution in [3.63, 3.8) is 0 Å². The summed E-state index contributed by atoms with van der Waals surface area (Å²) in [4.78, 5) is 10.4. The van der Waals surface area contributed by atoms with Crippen molar-refractivity contribution in [3.05, 3.63) is 41.5 Å². The monoisotopic (exact) mass is 431 g/mol. The van der Waals surface area contributed by atoms with Gasteiger partial charge in [-0.1, -0.05) is 23.4 Å². The average molecular weight is 431 g/mol. The zero-order valence-electron chi connectivity index (χ0n) is 13.7. The molecule has 1 N–H and O–H groups in total. The topological polar surface area (TPSA) is 75.8 Å². The van der Waals surface area contributed by atoms with Crippen molar-refractivity contribution in [2.45, 2.75) is 20.0 Å². The Bertz CT molecular complexity index is 644. The number of rotatable bonds is 5. The first-order chi connectivity index (χ1) is 10.6. The van der Waals surface area contributed by atoms with Crippen molar-refractivity contribution < 1.29 is 9.26 Å². The SMILES string of the molecule is CN=C(NCc1nc(C)no1)N(C)Cc1ccccc1OC.I. The van der Waals surface area contributed by atoms with Crippen LogP contribution in [0.15, 0.2) is 33.8 Å². The van der Waals surface area contributed by atoms with Gasteiger partial charge in [-0.3, -0.25) is 4.99 Å². The number of aliphatic imine (C=N–C) groups is 1. The minimum absolute atomic E-state index is 0. The summed E-state index contributed by atoms with van der Waals surface area (Å²) >= 11 is 0. The highest BCUT2D eigenvalue weighted by molar-refractivity contribution is 14.0. The molecule has 2 aromatic rings. The van der Waals surface area contributed by atoms with Crippen LogP contribution in [0.1, 0.15) is 17.3 Å². The van der Waals surface area contributed by atoms with Crippen LogP contribution < -0.4 is 10.1 Å². The van der Waals surface area contributed by atoms with E-state index < -0.39 is 0 Å². The van der Waals surface area contributed by atoms with Crippen molar-refractivity contribution in [3.8, 4) is 5.75 Å². The molecule has 0 spiro atoms. The van der Waals surface area contributed by atoms with Crippen molar-refractivity contribution in [1.29, 1.82) is 0 Å².